The molecule has 0 aliphatic heterocycles. The minimum absolute atomic E-state index is 0.241. The fourth-order valence-electron chi connectivity index (χ4n) is 0.143. The van der Waals surface area contributed by atoms with Crippen LogP contribution in [0.15, 0.2) is 0 Å². The summed E-state index contributed by atoms with van der Waals surface area (Å²) >= 11 is 0. The van der Waals surface area contributed by atoms with Crippen molar-refractivity contribution in [1.29, 1.82) is 0 Å². The van der Waals surface area contributed by atoms with E-state index in [1.165, 1.54) is 0 Å². The first kappa shape index (κ1) is 8.34. The van der Waals surface area contributed by atoms with Crippen LogP contribution in [0.3, 0.4) is 0 Å². The van der Waals surface area contributed by atoms with Crippen molar-refractivity contribution in [2.75, 3.05) is 6.73 Å². The zero-order valence-electron chi connectivity index (χ0n) is 4.27. The van der Waals surface area contributed by atoms with Gasteiger partial charge in [-0.2, -0.15) is 8.42 Å². The molecule has 7 heteroatoms. The molecule has 0 heterocycles. The Morgan fingerprint density at radius 2 is 2.22 bits per heavy atom. The van der Waals surface area contributed by atoms with Gasteiger partial charge in [0.05, 0.1) is 0 Å². The van der Waals surface area contributed by atoms with Crippen LogP contribution in [0.5, 0.6) is 0 Å². The first-order valence-electron chi connectivity index (χ1n) is 1.85. The standard InChI is InChI=1S/C2H5NO5S/c4-1-3-2-8-9(5,6)7/h1H,2H2,(H,3,4)(H,5,6,7). The minimum atomic E-state index is -4.42. The number of nitrogens with one attached hydrogen (secondary N) is 1. The van der Waals surface area contributed by atoms with Crippen LogP contribution in [0.4, 0.5) is 0 Å². The Morgan fingerprint density at radius 3 is 2.56 bits per heavy atom. The maximum absolute atomic E-state index is 9.68. The molecule has 0 aromatic carbocycles. The third kappa shape index (κ3) is 7.34. The molecule has 0 aromatic rings. The van der Waals surface area contributed by atoms with Gasteiger partial charge in [0.2, 0.25) is 6.41 Å². The van der Waals surface area contributed by atoms with Crippen LogP contribution >= 0.6 is 0 Å². The highest BCUT2D eigenvalue weighted by Crippen LogP contribution is 1.80. The summed E-state index contributed by atoms with van der Waals surface area (Å²) in [7, 11) is -4.42. The van der Waals surface area contributed by atoms with Crippen molar-refractivity contribution >= 4 is 16.8 Å². The summed E-state index contributed by atoms with van der Waals surface area (Å²) in [6, 6.07) is 0. The monoisotopic (exact) mass is 155 g/mol. The Bertz CT molecular complexity index is 171. The smallest absolute Gasteiger partial charge is 0.335 e. The fraction of sp³-hybridized carbons (Fsp3) is 0.500. The summed E-state index contributed by atoms with van der Waals surface area (Å²) in [6.45, 7) is -0.553. The highest BCUT2D eigenvalue weighted by Gasteiger charge is 2.00. The van der Waals surface area contributed by atoms with E-state index >= 15 is 0 Å². The average Bonchev–Trinajstić information content (AvgIpc) is 1.63. The molecule has 0 aliphatic carbocycles. The van der Waals surface area contributed by atoms with E-state index in [1.807, 2.05) is 5.32 Å². The highest BCUT2D eigenvalue weighted by molar-refractivity contribution is 7.80. The average molecular weight is 155 g/mol. The molecule has 0 atom stereocenters. The number of carbonyl (C=O) groups excluding carboxylic acids is 1. The Hall–Kier alpha value is -0.660. The summed E-state index contributed by atoms with van der Waals surface area (Å²) < 4.78 is 30.9. The molecule has 54 valence electrons. The van der Waals surface area contributed by atoms with Gasteiger partial charge in [-0.1, -0.05) is 0 Å². The minimum Gasteiger partial charge on any atom is -0.335 e. The first-order chi connectivity index (χ1) is 4.06. The van der Waals surface area contributed by atoms with E-state index in [9.17, 15) is 13.2 Å². The molecule has 0 radical (unpaired) electrons. The lowest BCUT2D eigenvalue weighted by molar-refractivity contribution is -0.110. The van der Waals surface area contributed by atoms with Gasteiger partial charge < -0.3 is 5.32 Å². The van der Waals surface area contributed by atoms with Crippen LogP contribution in [0, 0.1) is 0 Å². The largest absolute Gasteiger partial charge is 0.399 e. The van der Waals surface area contributed by atoms with Gasteiger partial charge in [0.1, 0.15) is 6.73 Å². The van der Waals surface area contributed by atoms with Crippen molar-refractivity contribution in [2.24, 2.45) is 0 Å². The zero-order valence-corrected chi connectivity index (χ0v) is 5.09. The third-order valence-corrected chi connectivity index (χ3v) is 0.790. The van der Waals surface area contributed by atoms with Gasteiger partial charge in [-0.05, 0) is 0 Å². The Kier molecular flexibility index (Phi) is 3.13. The van der Waals surface area contributed by atoms with Crippen molar-refractivity contribution in [3.8, 4) is 0 Å². The van der Waals surface area contributed by atoms with E-state index in [2.05, 4.69) is 4.18 Å². The summed E-state index contributed by atoms with van der Waals surface area (Å²) in [5, 5.41) is 1.86. The number of rotatable bonds is 4. The van der Waals surface area contributed by atoms with Crippen molar-refractivity contribution in [2.45, 2.75) is 0 Å². The zero-order chi connectivity index (χ0) is 7.33. The van der Waals surface area contributed by atoms with Gasteiger partial charge >= 0.3 is 10.4 Å². The predicted molar refractivity (Wildman–Crippen MR) is 26.7 cm³/mol. The van der Waals surface area contributed by atoms with Crippen molar-refractivity contribution < 1.29 is 21.9 Å². The van der Waals surface area contributed by atoms with E-state index < -0.39 is 17.1 Å². The Balaban J connectivity index is 3.40. The van der Waals surface area contributed by atoms with E-state index in [0.717, 1.165) is 0 Å². The molecular weight excluding hydrogens is 150 g/mol. The van der Waals surface area contributed by atoms with Gasteiger partial charge in [-0.15, -0.1) is 0 Å². The van der Waals surface area contributed by atoms with Crippen LogP contribution < -0.4 is 5.32 Å². The third-order valence-electron chi connectivity index (χ3n) is 0.375. The summed E-state index contributed by atoms with van der Waals surface area (Å²) in [5.41, 5.74) is 0. The van der Waals surface area contributed by atoms with Crippen molar-refractivity contribution in [3.05, 3.63) is 0 Å². The summed E-state index contributed by atoms with van der Waals surface area (Å²) in [4.78, 5) is 9.42. The molecule has 0 unspecified atom stereocenters. The molecule has 2 N–H and O–H groups in total. The molecule has 0 spiro atoms. The SMILES string of the molecule is O=CNCOS(=O)(=O)O. The van der Waals surface area contributed by atoms with Crippen molar-refractivity contribution in [1.82, 2.24) is 5.32 Å². The number of hydrogen-bond acceptors (Lipinski definition) is 4. The van der Waals surface area contributed by atoms with Gasteiger partial charge in [-0.3, -0.25) is 9.35 Å². The molecule has 1 amide bonds. The Labute approximate surface area is 51.8 Å². The number of amides is 1. The molecular formula is C2H5NO5S. The van der Waals surface area contributed by atoms with E-state index in [1.54, 1.807) is 0 Å². The summed E-state index contributed by atoms with van der Waals surface area (Å²) in [6.07, 6.45) is 0.241. The van der Waals surface area contributed by atoms with Crippen LogP contribution in [0.25, 0.3) is 0 Å². The van der Waals surface area contributed by atoms with E-state index in [4.69, 9.17) is 4.55 Å². The van der Waals surface area contributed by atoms with Gasteiger partial charge in [0.15, 0.2) is 0 Å². The topological polar surface area (TPSA) is 92.7 Å². The molecule has 0 saturated carbocycles. The molecule has 0 rings (SSSR count). The van der Waals surface area contributed by atoms with Crippen LogP contribution in [-0.2, 0) is 19.4 Å². The van der Waals surface area contributed by atoms with E-state index in [-0.39, 0.29) is 6.41 Å². The van der Waals surface area contributed by atoms with Gasteiger partial charge in [-0.25, -0.2) is 4.18 Å². The molecule has 0 aromatic heterocycles. The first-order valence-corrected chi connectivity index (χ1v) is 3.21. The predicted octanol–water partition coefficient (Wildman–Crippen LogP) is -1.49. The number of carbonyl (C=O) groups is 1. The van der Waals surface area contributed by atoms with Gasteiger partial charge in [0.25, 0.3) is 0 Å². The molecule has 0 fully saturated rings. The Morgan fingerprint density at radius 1 is 1.67 bits per heavy atom. The second-order valence-electron chi connectivity index (χ2n) is 1.01. The lowest BCUT2D eigenvalue weighted by Gasteiger charge is -1.94. The lowest BCUT2D eigenvalue weighted by Crippen LogP contribution is -2.18. The van der Waals surface area contributed by atoms with Crippen LogP contribution in [0.1, 0.15) is 0 Å². The maximum Gasteiger partial charge on any atom is 0.399 e. The highest BCUT2D eigenvalue weighted by atomic mass is 32.3. The van der Waals surface area contributed by atoms with Gasteiger partial charge in [0, 0.05) is 0 Å². The van der Waals surface area contributed by atoms with Crippen LogP contribution in [0.2, 0.25) is 0 Å². The normalized spacial score (nSPS) is 10.8. The maximum atomic E-state index is 9.68. The number of hydrogen-bond donors (Lipinski definition) is 2. The molecule has 6 nitrogen and oxygen atoms in total. The molecule has 0 saturated heterocycles. The van der Waals surface area contributed by atoms with Crippen molar-refractivity contribution in [3.63, 3.8) is 0 Å². The van der Waals surface area contributed by atoms with E-state index in [0.29, 0.717) is 0 Å². The second kappa shape index (κ2) is 3.38. The second-order valence-corrected chi connectivity index (χ2v) is 2.10. The summed E-state index contributed by atoms with van der Waals surface area (Å²) in [5.74, 6) is 0. The molecule has 0 bridgehead atoms. The lowest BCUT2D eigenvalue weighted by atomic mass is 11.2. The molecule has 0 aliphatic rings. The molecule has 9 heavy (non-hydrogen) atoms. The van der Waals surface area contributed by atoms with Crippen LogP contribution in [-0.4, -0.2) is 26.1 Å². The fourth-order valence-corrected chi connectivity index (χ4v) is 0.359. The quantitative estimate of drug-likeness (QED) is 0.223.